The third-order valence-electron chi connectivity index (χ3n) is 3.43. The van der Waals surface area contributed by atoms with Gasteiger partial charge < -0.3 is 20.5 Å². The van der Waals surface area contributed by atoms with Crippen LogP contribution in [0.25, 0.3) is 0 Å². The van der Waals surface area contributed by atoms with Gasteiger partial charge in [0.25, 0.3) is 0 Å². The van der Waals surface area contributed by atoms with Gasteiger partial charge in [-0.2, -0.15) is 0 Å². The second-order valence-corrected chi connectivity index (χ2v) is 5.70. The van der Waals surface area contributed by atoms with E-state index in [0.29, 0.717) is 25.8 Å². The second-order valence-electron chi connectivity index (χ2n) is 5.70. The Labute approximate surface area is 122 Å². The molecule has 5 heteroatoms. The van der Waals surface area contributed by atoms with Crippen LogP contribution in [-0.4, -0.2) is 49.0 Å². The predicted molar refractivity (Wildman–Crippen MR) is 79.6 cm³/mol. The van der Waals surface area contributed by atoms with E-state index in [1.165, 1.54) is 19.3 Å². The van der Waals surface area contributed by atoms with E-state index in [9.17, 15) is 9.90 Å². The zero-order valence-electron chi connectivity index (χ0n) is 12.9. The van der Waals surface area contributed by atoms with Gasteiger partial charge in [0.15, 0.2) is 0 Å². The molecule has 2 unspecified atom stereocenters. The molecule has 1 aliphatic carbocycles. The number of aliphatic hydroxyl groups excluding tert-OH is 1. The molecular weight excluding hydrogens is 256 g/mol. The van der Waals surface area contributed by atoms with Crippen molar-refractivity contribution < 1.29 is 14.6 Å². The first-order chi connectivity index (χ1) is 9.63. The predicted octanol–water partition coefficient (Wildman–Crippen LogP) is 1.20. The molecule has 1 amide bonds. The summed E-state index contributed by atoms with van der Waals surface area (Å²) in [6.07, 6.45) is 6.31. The van der Waals surface area contributed by atoms with E-state index in [2.05, 4.69) is 17.6 Å². The van der Waals surface area contributed by atoms with E-state index >= 15 is 0 Å². The van der Waals surface area contributed by atoms with Crippen LogP contribution in [0.1, 0.15) is 52.4 Å². The van der Waals surface area contributed by atoms with Crippen molar-refractivity contribution in [3.63, 3.8) is 0 Å². The summed E-state index contributed by atoms with van der Waals surface area (Å²) in [6.45, 7) is 5.41. The second kappa shape index (κ2) is 10.1. The molecule has 5 nitrogen and oxygen atoms in total. The number of amides is 1. The van der Waals surface area contributed by atoms with Crippen LogP contribution >= 0.6 is 0 Å². The first-order valence-electron chi connectivity index (χ1n) is 7.93. The maximum Gasteiger partial charge on any atom is 0.237 e. The molecule has 0 heterocycles. The number of hydrogen-bond acceptors (Lipinski definition) is 4. The van der Waals surface area contributed by atoms with Crippen LogP contribution in [-0.2, 0) is 9.53 Å². The maximum atomic E-state index is 11.7. The van der Waals surface area contributed by atoms with Gasteiger partial charge in [-0.15, -0.1) is 0 Å². The lowest BCUT2D eigenvalue weighted by Gasteiger charge is -2.17. The first kappa shape index (κ1) is 17.4. The minimum atomic E-state index is -0.558. The molecule has 0 radical (unpaired) electrons. The Morgan fingerprint density at radius 1 is 1.35 bits per heavy atom. The average Bonchev–Trinajstić information content (AvgIpc) is 3.23. The van der Waals surface area contributed by atoms with E-state index < -0.39 is 6.10 Å². The van der Waals surface area contributed by atoms with Crippen molar-refractivity contribution in [2.24, 2.45) is 0 Å². The average molecular weight is 286 g/mol. The molecule has 0 bridgehead atoms. The van der Waals surface area contributed by atoms with Crippen LogP contribution in [0.4, 0.5) is 0 Å². The molecule has 3 N–H and O–H groups in total. The van der Waals surface area contributed by atoms with Crippen LogP contribution in [0, 0.1) is 0 Å². The summed E-state index contributed by atoms with van der Waals surface area (Å²) in [5, 5.41) is 15.7. The van der Waals surface area contributed by atoms with Crippen molar-refractivity contribution >= 4 is 5.91 Å². The molecule has 0 saturated heterocycles. The van der Waals surface area contributed by atoms with Crippen molar-refractivity contribution in [3.8, 4) is 0 Å². The van der Waals surface area contributed by atoms with Crippen LogP contribution in [0.2, 0.25) is 0 Å². The highest BCUT2D eigenvalue weighted by Gasteiger charge is 2.25. The van der Waals surface area contributed by atoms with E-state index in [1.54, 1.807) is 0 Å². The number of carbonyl (C=O) groups excluding carboxylic acids is 1. The van der Waals surface area contributed by atoms with Gasteiger partial charge in [-0.1, -0.05) is 26.2 Å². The third kappa shape index (κ3) is 8.51. The van der Waals surface area contributed by atoms with E-state index in [0.717, 1.165) is 19.3 Å². The molecule has 0 aromatic carbocycles. The van der Waals surface area contributed by atoms with Crippen LogP contribution < -0.4 is 10.6 Å². The molecule has 0 aromatic heterocycles. The minimum Gasteiger partial charge on any atom is -0.389 e. The van der Waals surface area contributed by atoms with E-state index in [1.807, 2.05) is 6.92 Å². The Morgan fingerprint density at radius 3 is 2.75 bits per heavy atom. The Kier molecular flexibility index (Phi) is 8.82. The molecule has 0 aromatic rings. The molecule has 1 rings (SSSR count). The summed E-state index contributed by atoms with van der Waals surface area (Å²) in [6, 6.07) is 0.109. The molecule has 2 atom stereocenters. The van der Waals surface area contributed by atoms with Crippen molar-refractivity contribution in [3.05, 3.63) is 0 Å². The zero-order valence-corrected chi connectivity index (χ0v) is 12.9. The highest BCUT2D eigenvalue weighted by molar-refractivity contribution is 5.81. The number of carbonyl (C=O) groups is 1. The fourth-order valence-corrected chi connectivity index (χ4v) is 1.87. The highest BCUT2D eigenvalue weighted by Crippen LogP contribution is 2.18. The van der Waals surface area contributed by atoms with Gasteiger partial charge in [-0.3, -0.25) is 4.79 Å². The fourth-order valence-electron chi connectivity index (χ4n) is 1.87. The van der Waals surface area contributed by atoms with Gasteiger partial charge in [0.05, 0.1) is 18.8 Å². The molecule has 0 aliphatic heterocycles. The SMILES string of the molecule is CCCCCCOCC(O)CNC(C)C(=O)NC1CC1. The number of ether oxygens (including phenoxy) is 1. The number of unbranched alkanes of at least 4 members (excludes halogenated alkanes) is 3. The molecule has 1 aliphatic rings. The topological polar surface area (TPSA) is 70.6 Å². The lowest BCUT2D eigenvalue weighted by Crippen LogP contribution is -2.46. The minimum absolute atomic E-state index is 0.0141. The number of nitrogens with one attached hydrogen (secondary N) is 2. The lowest BCUT2D eigenvalue weighted by molar-refractivity contribution is -0.123. The summed E-state index contributed by atoms with van der Waals surface area (Å²) >= 11 is 0. The lowest BCUT2D eigenvalue weighted by atomic mass is 10.2. The van der Waals surface area contributed by atoms with Gasteiger partial charge >= 0.3 is 0 Å². The molecule has 0 spiro atoms. The van der Waals surface area contributed by atoms with Crippen LogP contribution in [0.3, 0.4) is 0 Å². The molecule has 1 fully saturated rings. The molecular formula is C15H30N2O3. The molecule has 118 valence electrons. The smallest absolute Gasteiger partial charge is 0.237 e. The molecule has 1 saturated carbocycles. The van der Waals surface area contributed by atoms with Gasteiger partial charge in [-0.05, 0) is 26.2 Å². The van der Waals surface area contributed by atoms with Crippen LogP contribution in [0.5, 0.6) is 0 Å². The largest absolute Gasteiger partial charge is 0.389 e. The quantitative estimate of drug-likeness (QED) is 0.472. The summed E-state index contributed by atoms with van der Waals surface area (Å²) in [5.41, 5.74) is 0. The Hall–Kier alpha value is -0.650. The number of aliphatic hydroxyl groups is 1. The first-order valence-corrected chi connectivity index (χ1v) is 7.93. The third-order valence-corrected chi connectivity index (χ3v) is 3.43. The van der Waals surface area contributed by atoms with Crippen molar-refractivity contribution in [2.45, 2.75) is 70.6 Å². The van der Waals surface area contributed by atoms with Crippen LogP contribution in [0.15, 0.2) is 0 Å². The summed E-state index contributed by atoms with van der Waals surface area (Å²) in [4.78, 5) is 11.7. The number of hydrogen-bond donors (Lipinski definition) is 3. The van der Waals surface area contributed by atoms with E-state index in [4.69, 9.17) is 4.74 Å². The van der Waals surface area contributed by atoms with Crippen molar-refractivity contribution in [2.75, 3.05) is 19.8 Å². The maximum absolute atomic E-state index is 11.7. The number of rotatable bonds is 12. The van der Waals surface area contributed by atoms with E-state index in [-0.39, 0.29) is 11.9 Å². The summed E-state index contributed by atoms with van der Waals surface area (Å²) < 4.78 is 5.42. The Bertz CT molecular complexity index is 270. The van der Waals surface area contributed by atoms with Gasteiger partial charge in [0.2, 0.25) is 5.91 Å². The molecule has 20 heavy (non-hydrogen) atoms. The van der Waals surface area contributed by atoms with Gasteiger partial charge in [-0.25, -0.2) is 0 Å². The monoisotopic (exact) mass is 286 g/mol. The Balaban J connectivity index is 1.95. The fraction of sp³-hybridized carbons (Fsp3) is 0.933. The Morgan fingerprint density at radius 2 is 2.10 bits per heavy atom. The van der Waals surface area contributed by atoms with Crippen molar-refractivity contribution in [1.29, 1.82) is 0 Å². The van der Waals surface area contributed by atoms with Crippen molar-refractivity contribution in [1.82, 2.24) is 10.6 Å². The highest BCUT2D eigenvalue weighted by atomic mass is 16.5. The van der Waals surface area contributed by atoms with Gasteiger partial charge in [0.1, 0.15) is 0 Å². The summed E-state index contributed by atoms with van der Waals surface area (Å²) in [5.74, 6) is 0.0141. The summed E-state index contributed by atoms with van der Waals surface area (Å²) in [7, 11) is 0. The standard InChI is InChI=1S/C15H30N2O3/c1-3-4-5-6-9-20-11-14(18)10-16-12(2)15(19)17-13-7-8-13/h12-14,16,18H,3-11H2,1-2H3,(H,17,19). The zero-order chi connectivity index (χ0) is 14.8. The normalized spacial score (nSPS) is 17.8. The van der Waals surface area contributed by atoms with Gasteiger partial charge in [0, 0.05) is 19.2 Å².